The second-order valence-electron chi connectivity index (χ2n) is 4.16. The van der Waals surface area contributed by atoms with E-state index >= 15 is 0 Å². The van der Waals surface area contributed by atoms with Gasteiger partial charge in [0.2, 0.25) is 0 Å². The summed E-state index contributed by atoms with van der Waals surface area (Å²) in [6.45, 7) is 2.51. The maximum Gasteiger partial charge on any atom is 0.339 e. The van der Waals surface area contributed by atoms with Crippen molar-refractivity contribution >= 4 is 33.7 Å². The molecular formula is C14H12N2O3. The molecule has 2 heterocycles. The number of rotatable bonds is 3. The van der Waals surface area contributed by atoms with E-state index in [1.165, 1.54) is 6.20 Å². The number of pyridine rings is 1. The minimum absolute atomic E-state index is 0.119. The molecule has 0 spiro atoms. The molecule has 0 bridgehead atoms. The summed E-state index contributed by atoms with van der Waals surface area (Å²) in [7, 11) is 0. The van der Waals surface area contributed by atoms with Crippen LogP contribution in [-0.2, 0) is 0 Å². The number of anilines is 1. The number of carboxylic acid groups (broad SMARTS) is 1. The Bertz CT molecular complexity index is 777. The summed E-state index contributed by atoms with van der Waals surface area (Å²) >= 11 is 0. The number of furan rings is 1. The first-order chi connectivity index (χ1) is 9.22. The Morgan fingerprint density at radius 2 is 2.21 bits per heavy atom. The van der Waals surface area contributed by atoms with Gasteiger partial charge in [-0.1, -0.05) is 12.1 Å². The molecule has 0 unspecified atom stereocenters. The second kappa shape index (κ2) is 4.28. The summed E-state index contributed by atoms with van der Waals surface area (Å²) in [5.74, 6) is -1.02. The van der Waals surface area contributed by atoms with Gasteiger partial charge in [0.15, 0.2) is 5.58 Å². The topological polar surface area (TPSA) is 75.4 Å². The van der Waals surface area contributed by atoms with Crippen molar-refractivity contribution < 1.29 is 14.3 Å². The Morgan fingerprint density at radius 1 is 1.42 bits per heavy atom. The van der Waals surface area contributed by atoms with Gasteiger partial charge in [0.25, 0.3) is 0 Å². The molecule has 0 aliphatic heterocycles. The van der Waals surface area contributed by atoms with Crippen molar-refractivity contribution in [2.75, 3.05) is 11.9 Å². The Hall–Kier alpha value is -2.56. The third-order valence-electron chi connectivity index (χ3n) is 2.97. The van der Waals surface area contributed by atoms with E-state index in [2.05, 4.69) is 10.3 Å². The Kier molecular flexibility index (Phi) is 2.59. The lowest BCUT2D eigenvalue weighted by Gasteiger charge is -2.07. The average Bonchev–Trinajstić information content (AvgIpc) is 2.78. The number of aromatic carboxylic acids is 1. The fourth-order valence-corrected chi connectivity index (χ4v) is 2.16. The first-order valence-corrected chi connectivity index (χ1v) is 5.99. The van der Waals surface area contributed by atoms with Gasteiger partial charge >= 0.3 is 5.97 Å². The minimum Gasteiger partial charge on any atom is -0.478 e. The van der Waals surface area contributed by atoms with E-state index in [1.807, 2.05) is 31.2 Å². The van der Waals surface area contributed by atoms with Crippen molar-refractivity contribution in [1.82, 2.24) is 4.98 Å². The van der Waals surface area contributed by atoms with Crippen LogP contribution in [0.4, 0.5) is 5.69 Å². The van der Waals surface area contributed by atoms with Crippen molar-refractivity contribution in [3.05, 3.63) is 36.0 Å². The third-order valence-corrected chi connectivity index (χ3v) is 2.97. The lowest BCUT2D eigenvalue weighted by atomic mass is 10.1. The average molecular weight is 256 g/mol. The van der Waals surface area contributed by atoms with Gasteiger partial charge in [0, 0.05) is 18.1 Å². The summed E-state index contributed by atoms with van der Waals surface area (Å²) in [5, 5.41) is 13.1. The van der Waals surface area contributed by atoms with Gasteiger partial charge in [-0.05, 0) is 19.1 Å². The fourth-order valence-electron chi connectivity index (χ4n) is 2.16. The van der Waals surface area contributed by atoms with E-state index in [0.29, 0.717) is 28.9 Å². The van der Waals surface area contributed by atoms with Crippen LogP contribution >= 0.6 is 0 Å². The van der Waals surface area contributed by atoms with Gasteiger partial charge in [0.1, 0.15) is 16.7 Å². The Balaban J connectivity index is 2.41. The van der Waals surface area contributed by atoms with E-state index in [-0.39, 0.29) is 5.56 Å². The van der Waals surface area contributed by atoms with Crippen molar-refractivity contribution in [1.29, 1.82) is 0 Å². The predicted molar refractivity (Wildman–Crippen MR) is 72.6 cm³/mol. The minimum atomic E-state index is -1.02. The molecule has 5 nitrogen and oxygen atoms in total. The molecule has 96 valence electrons. The monoisotopic (exact) mass is 256 g/mol. The van der Waals surface area contributed by atoms with Gasteiger partial charge < -0.3 is 14.8 Å². The molecular weight excluding hydrogens is 244 g/mol. The van der Waals surface area contributed by atoms with E-state index in [4.69, 9.17) is 4.42 Å². The highest BCUT2D eigenvalue weighted by molar-refractivity contribution is 6.10. The van der Waals surface area contributed by atoms with E-state index in [9.17, 15) is 9.90 Å². The molecule has 0 amide bonds. The SMILES string of the molecule is CCNc1c(C(=O)O)cnc2c1oc1ccccc12. The van der Waals surface area contributed by atoms with Crippen molar-refractivity contribution in [2.45, 2.75) is 6.92 Å². The van der Waals surface area contributed by atoms with E-state index in [0.717, 1.165) is 5.39 Å². The molecule has 1 aromatic carbocycles. The van der Waals surface area contributed by atoms with Crippen molar-refractivity contribution in [3.63, 3.8) is 0 Å². The summed E-state index contributed by atoms with van der Waals surface area (Å²) < 4.78 is 5.74. The molecule has 3 rings (SSSR count). The maximum atomic E-state index is 11.2. The largest absolute Gasteiger partial charge is 0.478 e. The zero-order chi connectivity index (χ0) is 13.4. The van der Waals surface area contributed by atoms with Gasteiger partial charge in [-0.3, -0.25) is 4.98 Å². The Morgan fingerprint density at radius 3 is 2.95 bits per heavy atom. The highest BCUT2D eigenvalue weighted by atomic mass is 16.4. The molecule has 0 fully saturated rings. The first-order valence-electron chi connectivity index (χ1n) is 5.99. The summed E-state index contributed by atoms with van der Waals surface area (Å²) in [6.07, 6.45) is 1.37. The van der Waals surface area contributed by atoms with Crippen LogP contribution in [0.5, 0.6) is 0 Å². The number of carbonyl (C=O) groups is 1. The number of hydrogen-bond donors (Lipinski definition) is 2. The normalized spacial score (nSPS) is 11.0. The van der Waals surface area contributed by atoms with Crippen LogP contribution in [0.15, 0.2) is 34.9 Å². The number of nitrogens with zero attached hydrogens (tertiary/aromatic N) is 1. The molecule has 2 aromatic heterocycles. The molecule has 0 saturated carbocycles. The summed E-state index contributed by atoms with van der Waals surface area (Å²) in [5.41, 5.74) is 2.47. The Labute approximate surface area is 108 Å². The maximum absolute atomic E-state index is 11.2. The molecule has 0 aliphatic carbocycles. The van der Waals surface area contributed by atoms with Crippen LogP contribution in [0.2, 0.25) is 0 Å². The second-order valence-corrected chi connectivity index (χ2v) is 4.16. The zero-order valence-electron chi connectivity index (χ0n) is 10.3. The highest BCUT2D eigenvalue weighted by Crippen LogP contribution is 2.33. The van der Waals surface area contributed by atoms with Crippen molar-refractivity contribution in [2.24, 2.45) is 0 Å². The lowest BCUT2D eigenvalue weighted by molar-refractivity contribution is 0.0697. The standard InChI is InChI=1S/C14H12N2O3/c1-2-15-12-9(14(17)18)7-16-11-8-5-3-4-6-10(8)19-13(11)12/h3-7H,2H2,1H3,(H,15,16)(H,17,18). The smallest absolute Gasteiger partial charge is 0.339 e. The molecule has 19 heavy (non-hydrogen) atoms. The van der Waals surface area contributed by atoms with Gasteiger partial charge in [-0.15, -0.1) is 0 Å². The number of carboxylic acids is 1. The number of para-hydroxylation sites is 1. The van der Waals surface area contributed by atoms with Gasteiger partial charge in [-0.2, -0.15) is 0 Å². The number of benzene rings is 1. The molecule has 0 atom stereocenters. The highest BCUT2D eigenvalue weighted by Gasteiger charge is 2.18. The van der Waals surface area contributed by atoms with Crippen LogP contribution < -0.4 is 5.32 Å². The molecule has 2 N–H and O–H groups in total. The quantitative estimate of drug-likeness (QED) is 0.753. The number of nitrogens with one attached hydrogen (secondary N) is 1. The number of fused-ring (bicyclic) bond motifs is 3. The third kappa shape index (κ3) is 1.71. The molecule has 0 radical (unpaired) electrons. The van der Waals surface area contributed by atoms with Crippen LogP contribution in [0.3, 0.4) is 0 Å². The molecule has 0 aliphatic rings. The number of hydrogen-bond acceptors (Lipinski definition) is 4. The van der Waals surface area contributed by atoms with Crippen LogP contribution in [0, 0.1) is 0 Å². The van der Waals surface area contributed by atoms with Crippen LogP contribution in [-0.4, -0.2) is 22.6 Å². The van der Waals surface area contributed by atoms with Crippen LogP contribution in [0.1, 0.15) is 17.3 Å². The molecule has 0 saturated heterocycles. The summed E-state index contributed by atoms with van der Waals surface area (Å²) in [6, 6.07) is 7.52. The van der Waals surface area contributed by atoms with Gasteiger partial charge in [-0.25, -0.2) is 4.79 Å². The first kappa shape index (κ1) is 11.5. The van der Waals surface area contributed by atoms with E-state index in [1.54, 1.807) is 0 Å². The van der Waals surface area contributed by atoms with Gasteiger partial charge in [0.05, 0.1) is 5.69 Å². The van der Waals surface area contributed by atoms with E-state index < -0.39 is 5.97 Å². The fraction of sp³-hybridized carbons (Fsp3) is 0.143. The molecule has 5 heteroatoms. The van der Waals surface area contributed by atoms with Crippen molar-refractivity contribution in [3.8, 4) is 0 Å². The lowest BCUT2D eigenvalue weighted by Crippen LogP contribution is -2.06. The summed E-state index contributed by atoms with van der Waals surface area (Å²) in [4.78, 5) is 15.5. The number of aromatic nitrogens is 1. The predicted octanol–water partition coefficient (Wildman–Crippen LogP) is 3.11. The van der Waals surface area contributed by atoms with Crippen LogP contribution in [0.25, 0.3) is 22.1 Å². The molecule has 3 aromatic rings. The zero-order valence-corrected chi connectivity index (χ0v) is 10.3.